The summed E-state index contributed by atoms with van der Waals surface area (Å²) in [5.74, 6) is -0.0674. The molecule has 0 spiro atoms. The molecule has 0 atom stereocenters. The van der Waals surface area contributed by atoms with Crippen LogP contribution in [0.1, 0.15) is 16.1 Å². The minimum Gasteiger partial charge on any atom is -0.471 e. The van der Waals surface area contributed by atoms with Crippen LogP contribution in [-0.4, -0.2) is 16.0 Å². The van der Waals surface area contributed by atoms with E-state index in [0.717, 1.165) is 5.56 Å². The minimum atomic E-state index is -0.407. The highest BCUT2D eigenvalue weighted by atomic mass is 16.5. The Bertz CT molecular complexity index is 742. The fourth-order valence-corrected chi connectivity index (χ4v) is 1.79. The summed E-state index contributed by atoms with van der Waals surface area (Å²) < 4.78 is 10.5. The normalized spacial score (nSPS) is 10.2. The highest BCUT2D eigenvalue weighted by molar-refractivity contribution is 6.02. The number of aromatic nitrogens is 2. The molecule has 1 N–H and O–H groups in total. The molecule has 0 saturated heterocycles. The number of ether oxygens (including phenoxy) is 1. The molecule has 3 aromatic rings. The molecule has 22 heavy (non-hydrogen) atoms. The Morgan fingerprint density at radius 1 is 1.18 bits per heavy atom. The van der Waals surface area contributed by atoms with Crippen molar-refractivity contribution in [2.45, 2.75) is 6.61 Å². The van der Waals surface area contributed by atoms with Gasteiger partial charge in [0.1, 0.15) is 6.61 Å². The van der Waals surface area contributed by atoms with Crippen molar-refractivity contribution in [2.75, 3.05) is 5.32 Å². The molecule has 1 aromatic carbocycles. The minimum absolute atomic E-state index is 0.0758. The first-order valence-corrected chi connectivity index (χ1v) is 6.66. The highest BCUT2D eigenvalue weighted by Gasteiger charge is 2.14. The lowest BCUT2D eigenvalue weighted by Gasteiger charge is -2.01. The molecule has 6 heteroatoms. The van der Waals surface area contributed by atoms with Crippen LogP contribution in [0.5, 0.6) is 5.88 Å². The number of carbonyl (C=O) groups is 1. The maximum atomic E-state index is 12.0. The van der Waals surface area contributed by atoms with Gasteiger partial charge in [-0.3, -0.25) is 9.78 Å². The summed E-state index contributed by atoms with van der Waals surface area (Å²) in [7, 11) is 0. The van der Waals surface area contributed by atoms with Crippen molar-refractivity contribution in [1.82, 2.24) is 10.1 Å². The van der Waals surface area contributed by atoms with Gasteiger partial charge in [-0.15, -0.1) is 0 Å². The summed E-state index contributed by atoms with van der Waals surface area (Å²) in [6.07, 6.45) is 3.17. The van der Waals surface area contributed by atoms with Gasteiger partial charge >= 0.3 is 0 Å². The van der Waals surface area contributed by atoms with E-state index in [0.29, 0.717) is 12.3 Å². The third-order valence-corrected chi connectivity index (χ3v) is 2.86. The average Bonchev–Trinajstić information content (AvgIpc) is 3.04. The van der Waals surface area contributed by atoms with E-state index in [9.17, 15) is 4.79 Å². The van der Waals surface area contributed by atoms with Crippen LogP contribution in [-0.2, 0) is 6.61 Å². The lowest BCUT2D eigenvalue weighted by molar-refractivity contribution is 0.0987. The summed E-state index contributed by atoms with van der Waals surface area (Å²) in [5, 5.41) is 6.37. The van der Waals surface area contributed by atoms with Crippen molar-refractivity contribution in [3.63, 3.8) is 0 Å². The number of carbonyl (C=O) groups excluding carboxylic acids is 1. The van der Waals surface area contributed by atoms with Crippen LogP contribution < -0.4 is 10.1 Å². The largest absolute Gasteiger partial charge is 0.471 e. The molecule has 0 fully saturated rings. The zero-order valence-electron chi connectivity index (χ0n) is 11.6. The van der Waals surface area contributed by atoms with Gasteiger partial charge in [0.25, 0.3) is 11.8 Å². The number of hydrogen-bond acceptors (Lipinski definition) is 5. The zero-order chi connectivity index (χ0) is 15.2. The maximum Gasteiger partial charge on any atom is 0.294 e. The molecule has 1 amide bonds. The van der Waals surface area contributed by atoms with Gasteiger partial charge < -0.3 is 14.6 Å². The molecule has 6 nitrogen and oxygen atoms in total. The standard InChI is InChI=1S/C16H13N3O3/c20-16(18-13-7-4-8-17-10-13)14-9-15(19-22-14)21-11-12-5-2-1-3-6-12/h1-10H,11H2,(H,18,20). The van der Waals surface area contributed by atoms with Crippen molar-refractivity contribution in [1.29, 1.82) is 0 Å². The van der Waals surface area contributed by atoms with E-state index in [1.54, 1.807) is 24.5 Å². The van der Waals surface area contributed by atoms with Gasteiger partial charge in [-0.05, 0) is 22.9 Å². The molecule has 0 unspecified atom stereocenters. The van der Waals surface area contributed by atoms with Crippen molar-refractivity contribution >= 4 is 11.6 Å². The lowest BCUT2D eigenvalue weighted by Crippen LogP contribution is -2.10. The Kier molecular flexibility index (Phi) is 4.10. The molecule has 0 saturated carbocycles. The fourth-order valence-electron chi connectivity index (χ4n) is 1.79. The van der Waals surface area contributed by atoms with Crippen molar-refractivity contribution in [3.8, 4) is 5.88 Å². The first-order valence-electron chi connectivity index (χ1n) is 6.66. The predicted molar refractivity (Wildman–Crippen MR) is 79.5 cm³/mol. The molecule has 2 aromatic heterocycles. The molecular formula is C16H13N3O3. The van der Waals surface area contributed by atoms with Crippen LogP contribution in [0, 0.1) is 0 Å². The van der Waals surface area contributed by atoms with Crippen LogP contribution in [0.2, 0.25) is 0 Å². The molecule has 2 heterocycles. The quantitative estimate of drug-likeness (QED) is 0.783. The van der Waals surface area contributed by atoms with Crippen LogP contribution in [0.15, 0.2) is 65.4 Å². The van der Waals surface area contributed by atoms with Gasteiger partial charge in [0.05, 0.1) is 18.0 Å². The zero-order valence-corrected chi connectivity index (χ0v) is 11.6. The van der Waals surface area contributed by atoms with E-state index in [1.807, 2.05) is 30.3 Å². The van der Waals surface area contributed by atoms with Crippen molar-refractivity contribution in [2.24, 2.45) is 0 Å². The average molecular weight is 295 g/mol. The molecule has 0 aliphatic rings. The number of hydrogen-bond donors (Lipinski definition) is 1. The molecule has 0 aliphatic carbocycles. The van der Waals surface area contributed by atoms with E-state index in [4.69, 9.17) is 9.26 Å². The number of nitrogens with zero attached hydrogens (tertiary/aromatic N) is 2. The number of benzene rings is 1. The molecule has 0 bridgehead atoms. The summed E-state index contributed by atoms with van der Waals surface area (Å²) in [6, 6.07) is 14.6. The molecule has 3 rings (SSSR count). The lowest BCUT2D eigenvalue weighted by atomic mass is 10.2. The Morgan fingerprint density at radius 3 is 2.82 bits per heavy atom. The van der Waals surface area contributed by atoms with Crippen LogP contribution in [0.3, 0.4) is 0 Å². The molecule has 110 valence electrons. The van der Waals surface area contributed by atoms with E-state index in [-0.39, 0.29) is 11.6 Å². The van der Waals surface area contributed by atoms with E-state index in [1.165, 1.54) is 6.07 Å². The highest BCUT2D eigenvalue weighted by Crippen LogP contribution is 2.15. The van der Waals surface area contributed by atoms with Crippen LogP contribution in [0.4, 0.5) is 5.69 Å². The van der Waals surface area contributed by atoms with Crippen molar-refractivity contribution < 1.29 is 14.1 Å². The van der Waals surface area contributed by atoms with Gasteiger partial charge in [-0.1, -0.05) is 30.3 Å². The summed E-state index contributed by atoms with van der Waals surface area (Å²) in [6.45, 7) is 0.358. The summed E-state index contributed by atoms with van der Waals surface area (Å²) in [4.78, 5) is 15.9. The monoisotopic (exact) mass is 295 g/mol. The smallest absolute Gasteiger partial charge is 0.294 e. The fraction of sp³-hybridized carbons (Fsp3) is 0.0625. The Labute approximate surface area is 126 Å². The third-order valence-electron chi connectivity index (χ3n) is 2.86. The van der Waals surface area contributed by atoms with Crippen LogP contribution >= 0.6 is 0 Å². The number of nitrogens with one attached hydrogen (secondary N) is 1. The van der Waals surface area contributed by atoms with E-state index >= 15 is 0 Å². The number of rotatable bonds is 5. The van der Waals surface area contributed by atoms with Gasteiger partial charge in [0, 0.05) is 6.20 Å². The Balaban J connectivity index is 1.60. The van der Waals surface area contributed by atoms with Gasteiger partial charge in [0.2, 0.25) is 5.76 Å². The second-order valence-electron chi connectivity index (χ2n) is 4.50. The molecular weight excluding hydrogens is 282 g/mol. The topological polar surface area (TPSA) is 77.2 Å². The Hall–Kier alpha value is -3.15. The van der Waals surface area contributed by atoms with Crippen LogP contribution in [0.25, 0.3) is 0 Å². The Morgan fingerprint density at radius 2 is 2.05 bits per heavy atom. The number of anilines is 1. The summed E-state index contributed by atoms with van der Waals surface area (Å²) in [5.41, 5.74) is 1.59. The summed E-state index contributed by atoms with van der Waals surface area (Å²) >= 11 is 0. The number of amides is 1. The third kappa shape index (κ3) is 3.49. The predicted octanol–water partition coefficient (Wildman–Crippen LogP) is 2.90. The van der Waals surface area contributed by atoms with Gasteiger partial charge in [-0.2, -0.15) is 0 Å². The second-order valence-corrected chi connectivity index (χ2v) is 4.50. The van der Waals surface area contributed by atoms with E-state index in [2.05, 4.69) is 15.5 Å². The van der Waals surface area contributed by atoms with E-state index < -0.39 is 5.91 Å². The van der Waals surface area contributed by atoms with Crippen molar-refractivity contribution in [3.05, 3.63) is 72.2 Å². The number of pyridine rings is 1. The molecule has 0 aliphatic heterocycles. The van der Waals surface area contributed by atoms with Gasteiger partial charge in [0.15, 0.2) is 0 Å². The maximum absolute atomic E-state index is 12.0. The first kappa shape index (κ1) is 13.8. The SMILES string of the molecule is O=C(Nc1cccnc1)c1cc(OCc2ccccc2)no1. The van der Waals surface area contributed by atoms with Gasteiger partial charge in [-0.25, -0.2) is 0 Å². The molecule has 0 radical (unpaired) electrons. The first-order chi connectivity index (χ1) is 10.8. The second kappa shape index (κ2) is 6.53.